The van der Waals surface area contributed by atoms with Crippen LogP contribution in [0.5, 0.6) is 0 Å². The van der Waals surface area contributed by atoms with Gasteiger partial charge in [0, 0.05) is 17.7 Å². The summed E-state index contributed by atoms with van der Waals surface area (Å²) >= 11 is 0. The van der Waals surface area contributed by atoms with Gasteiger partial charge in [0.2, 0.25) is 0 Å². The second-order valence-corrected chi connectivity index (χ2v) is 7.40. The highest BCUT2D eigenvalue weighted by Crippen LogP contribution is 2.41. The van der Waals surface area contributed by atoms with Crippen molar-refractivity contribution in [1.82, 2.24) is 10.1 Å². The molecule has 1 aromatic carbocycles. The van der Waals surface area contributed by atoms with Crippen molar-refractivity contribution in [2.24, 2.45) is 5.73 Å². The number of pyridine rings is 1. The maximum atomic E-state index is 14.2. The number of anilines is 1. The summed E-state index contributed by atoms with van der Waals surface area (Å²) in [5.41, 5.74) is 5.95. The molecule has 0 saturated heterocycles. The summed E-state index contributed by atoms with van der Waals surface area (Å²) in [5.74, 6) is -3.64. The van der Waals surface area contributed by atoms with Gasteiger partial charge < -0.3 is 15.6 Å². The van der Waals surface area contributed by atoms with Crippen molar-refractivity contribution in [1.29, 1.82) is 0 Å². The fraction of sp³-hybridized carbons (Fsp3) is 0.300. The van der Waals surface area contributed by atoms with Crippen molar-refractivity contribution in [2.75, 3.05) is 5.32 Å². The molecular formula is C20H18F2N4O3. The van der Waals surface area contributed by atoms with Crippen LogP contribution in [0.15, 0.2) is 22.7 Å². The predicted molar refractivity (Wildman–Crippen MR) is 101 cm³/mol. The Morgan fingerprint density at radius 2 is 1.90 bits per heavy atom. The van der Waals surface area contributed by atoms with Gasteiger partial charge in [-0.3, -0.25) is 9.59 Å². The Kier molecular flexibility index (Phi) is 4.52. The van der Waals surface area contributed by atoms with Crippen LogP contribution in [-0.2, 0) is 0 Å². The van der Waals surface area contributed by atoms with E-state index < -0.39 is 29.0 Å². The first-order valence-electron chi connectivity index (χ1n) is 9.16. The summed E-state index contributed by atoms with van der Waals surface area (Å²) in [5, 5.41) is 6.87. The summed E-state index contributed by atoms with van der Waals surface area (Å²) in [7, 11) is 0. The molecule has 29 heavy (non-hydrogen) atoms. The lowest BCUT2D eigenvalue weighted by molar-refractivity contribution is 0.0992. The molecule has 1 fully saturated rings. The number of rotatable bonds is 5. The van der Waals surface area contributed by atoms with E-state index in [1.165, 1.54) is 0 Å². The number of fused-ring (bicyclic) bond motifs is 1. The number of hydrogen-bond donors (Lipinski definition) is 2. The highest BCUT2D eigenvalue weighted by molar-refractivity contribution is 6.12. The zero-order valence-corrected chi connectivity index (χ0v) is 15.8. The molecule has 2 heterocycles. The van der Waals surface area contributed by atoms with E-state index in [2.05, 4.69) is 15.5 Å². The van der Waals surface area contributed by atoms with Crippen molar-refractivity contribution in [3.8, 4) is 0 Å². The molecule has 1 saturated carbocycles. The monoisotopic (exact) mass is 400 g/mol. The van der Waals surface area contributed by atoms with E-state index >= 15 is 0 Å². The third-order valence-electron chi connectivity index (χ3n) is 4.85. The summed E-state index contributed by atoms with van der Waals surface area (Å²) in [6.07, 6.45) is 1.92. The van der Waals surface area contributed by atoms with Gasteiger partial charge in [0.25, 0.3) is 17.5 Å². The van der Waals surface area contributed by atoms with E-state index in [4.69, 9.17) is 10.3 Å². The molecule has 2 amide bonds. The molecule has 0 bridgehead atoms. The summed E-state index contributed by atoms with van der Waals surface area (Å²) < 4.78 is 33.2. The van der Waals surface area contributed by atoms with E-state index in [1.807, 2.05) is 13.8 Å². The van der Waals surface area contributed by atoms with E-state index in [1.54, 1.807) is 6.07 Å². The number of carbonyl (C=O) groups excluding carboxylic acids is 2. The number of nitrogens with zero attached hydrogens (tertiary/aromatic N) is 2. The van der Waals surface area contributed by atoms with Crippen LogP contribution >= 0.6 is 0 Å². The quantitative estimate of drug-likeness (QED) is 0.676. The van der Waals surface area contributed by atoms with Gasteiger partial charge in [-0.1, -0.05) is 19.0 Å². The van der Waals surface area contributed by atoms with Crippen LogP contribution in [0.1, 0.15) is 70.6 Å². The van der Waals surface area contributed by atoms with Crippen molar-refractivity contribution in [2.45, 2.75) is 38.5 Å². The van der Waals surface area contributed by atoms with Crippen LogP contribution in [0.3, 0.4) is 0 Å². The molecule has 4 rings (SSSR count). The number of halogens is 2. The van der Waals surface area contributed by atoms with Crippen molar-refractivity contribution in [3.05, 3.63) is 52.3 Å². The minimum atomic E-state index is -1.10. The number of hydrogen-bond acceptors (Lipinski definition) is 5. The van der Waals surface area contributed by atoms with Crippen LogP contribution in [0, 0.1) is 11.6 Å². The molecule has 1 aliphatic carbocycles. The molecule has 3 aromatic rings. The Hall–Kier alpha value is -3.36. The minimum Gasteiger partial charge on any atom is -0.366 e. The maximum absolute atomic E-state index is 14.2. The SMILES string of the molecule is CC(C)c1noc2nc(C3CC3)cc(C(=O)Nc3cc(C(N)=O)c(F)cc3F)c12. The first-order valence-corrected chi connectivity index (χ1v) is 9.16. The molecule has 0 spiro atoms. The molecule has 7 nitrogen and oxygen atoms in total. The van der Waals surface area contributed by atoms with Crippen LogP contribution in [0.25, 0.3) is 11.1 Å². The Balaban J connectivity index is 1.80. The van der Waals surface area contributed by atoms with Gasteiger partial charge in [-0.15, -0.1) is 0 Å². The van der Waals surface area contributed by atoms with Crippen LogP contribution < -0.4 is 11.1 Å². The van der Waals surface area contributed by atoms with Crippen molar-refractivity contribution in [3.63, 3.8) is 0 Å². The van der Waals surface area contributed by atoms with Gasteiger partial charge in [-0.2, -0.15) is 0 Å². The number of nitrogens with two attached hydrogens (primary N) is 1. The third kappa shape index (κ3) is 3.43. The molecular weight excluding hydrogens is 382 g/mol. The zero-order valence-electron chi connectivity index (χ0n) is 15.8. The van der Waals surface area contributed by atoms with Crippen molar-refractivity contribution < 1.29 is 22.9 Å². The van der Waals surface area contributed by atoms with Crippen LogP contribution in [0.4, 0.5) is 14.5 Å². The maximum Gasteiger partial charge on any atom is 0.259 e. The lowest BCUT2D eigenvalue weighted by Gasteiger charge is -2.11. The molecule has 0 unspecified atom stereocenters. The Morgan fingerprint density at radius 3 is 2.52 bits per heavy atom. The van der Waals surface area contributed by atoms with Gasteiger partial charge in [0.05, 0.1) is 27.9 Å². The molecule has 0 atom stereocenters. The fourth-order valence-electron chi connectivity index (χ4n) is 3.18. The second kappa shape index (κ2) is 6.91. The van der Waals surface area contributed by atoms with Crippen molar-refractivity contribution >= 4 is 28.6 Å². The van der Waals surface area contributed by atoms with E-state index in [0.717, 1.165) is 18.9 Å². The topological polar surface area (TPSA) is 111 Å². The summed E-state index contributed by atoms with van der Waals surface area (Å²) in [6, 6.07) is 3.03. The average Bonchev–Trinajstić information content (AvgIpc) is 3.41. The predicted octanol–water partition coefficient (Wildman–Crippen LogP) is 3.85. The van der Waals surface area contributed by atoms with Gasteiger partial charge in [-0.05, 0) is 30.9 Å². The molecule has 2 aromatic heterocycles. The van der Waals surface area contributed by atoms with E-state index in [9.17, 15) is 18.4 Å². The largest absolute Gasteiger partial charge is 0.366 e. The van der Waals surface area contributed by atoms with Gasteiger partial charge in [0.15, 0.2) is 0 Å². The average molecular weight is 400 g/mol. The Morgan fingerprint density at radius 1 is 1.17 bits per heavy atom. The Labute approximate surface area is 164 Å². The number of carbonyl (C=O) groups is 2. The standard InChI is InChI=1S/C20H18F2N4O3/c1-8(2)17-16-11(6-14(9-3-4-9)25-20(16)29-26-17)19(28)24-15-5-10(18(23)27)12(21)7-13(15)22/h5-9H,3-4H2,1-2H3,(H2,23,27)(H,24,28). The summed E-state index contributed by atoms with van der Waals surface area (Å²) in [6.45, 7) is 3.79. The molecule has 0 aliphatic heterocycles. The third-order valence-corrected chi connectivity index (χ3v) is 4.85. The minimum absolute atomic E-state index is 0.0413. The first kappa shape index (κ1) is 19.0. The number of primary amides is 1. The Bertz CT molecular complexity index is 1150. The normalized spacial score (nSPS) is 13.8. The molecule has 150 valence electrons. The number of aromatic nitrogens is 2. The second-order valence-electron chi connectivity index (χ2n) is 7.40. The molecule has 0 radical (unpaired) electrons. The number of amides is 2. The van der Waals surface area contributed by atoms with E-state index in [0.29, 0.717) is 22.8 Å². The van der Waals surface area contributed by atoms with Gasteiger partial charge in [-0.25, -0.2) is 13.8 Å². The van der Waals surface area contributed by atoms with E-state index in [-0.39, 0.29) is 28.8 Å². The van der Waals surface area contributed by atoms with Gasteiger partial charge >= 0.3 is 0 Å². The van der Waals surface area contributed by atoms with Crippen LogP contribution in [0.2, 0.25) is 0 Å². The fourth-order valence-corrected chi connectivity index (χ4v) is 3.18. The summed E-state index contributed by atoms with van der Waals surface area (Å²) in [4.78, 5) is 28.8. The smallest absolute Gasteiger partial charge is 0.259 e. The van der Waals surface area contributed by atoms with Crippen LogP contribution in [-0.4, -0.2) is 22.0 Å². The highest BCUT2D eigenvalue weighted by atomic mass is 19.1. The molecule has 1 aliphatic rings. The zero-order chi connectivity index (χ0) is 20.9. The molecule has 3 N–H and O–H groups in total. The lowest BCUT2D eigenvalue weighted by Crippen LogP contribution is -2.18. The number of benzene rings is 1. The number of nitrogens with one attached hydrogen (secondary N) is 1. The van der Waals surface area contributed by atoms with Gasteiger partial charge in [0.1, 0.15) is 11.6 Å². The molecule has 9 heteroatoms. The first-order chi connectivity index (χ1) is 13.8. The highest BCUT2D eigenvalue weighted by Gasteiger charge is 2.30. The lowest BCUT2D eigenvalue weighted by atomic mass is 10.0.